The molecule has 0 bridgehead atoms. The number of halogens is 3. The number of aromatic nitrogens is 1. The van der Waals surface area contributed by atoms with E-state index in [9.17, 15) is 13.2 Å². The minimum atomic E-state index is -4.45. The summed E-state index contributed by atoms with van der Waals surface area (Å²) >= 11 is 0. The van der Waals surface area contributed by atoms with E-state index in [2.05, 4.69) is 4.98 Å². The molecule has 0 radical (unpaired) electrons. The van der Waals surface area contributed by atoms with Gasteiger partial charge >= 0.3 is 6.18 Å². The van der Waals surface area contributed by atoms with Crippen LogP contribution in [0.2, 0.25) is 0 Å². The average molecular weight is 261 g/mol. The van der Waals surface area contributed by atoms with Gasteiger partial charge in [-0.3, -0.25) is 0 Å². The Morgan fingerprint density at radius 2 is 2.00 bits per heavy atom. The van der Waals surface area contributed by atoms with Crippen molar-refractivity contribution in [2.24, 2.45) is 0 Å². The van der Waals surface area contributed by atoms with Crippen molar-refractivity contribution in [2.45, 2.75) is 39.4 Å². The summed E-state index contributed by atoms with van der Waals surface area (Å²) < 4.78 is 37.9. The Morgan fingerprint density at radius 3 is 2.44 bits per heavy atom. The molecular formula is C12H18F3N3. The van der Waals surface area contributed by atoms with Crippen LogP contribution in [0, 0.1) is 0 Å². The molecule has 0 saturated carbocycles. The molecule has 2 N–H and O–H groups in total. The summed E-state index contributed by atoms with van der Waals surface area (Å²) in [6.45, 7) is 6.46. The third kappa shape index (κ3) is 3.27. The van der Waals surface area contributed by atoms with Crippen molar-refractivity contribution in [1.82, 2.24) is 4.98 Å². The summed E-state index contributed by atoms with van der Waals surface area (Å²) in [5.41, 5.74) is 5.49. The van der Waals surface area contributed by atoms with Crippen LogP contribution in [0.4, 0.5) is 24.5 Å². The van der Waals surface area contributed by atoms with Crippen LogP contribution in [0.25, 0.3) is 0 Å². The highest BCUT2D eigenvalue weighted by atomic mass is 19.4. The van der Waals surface area contributed by atoms with Gasteiger partial charge in [0.2, 0.25) is 0 Å². The molecule has 102 valence electrons. The molecule has 0 aliphatic carbocycles. The molecule has 0 spiro atoms. The van der Waals surface area contributed by atoms with E-state index >= 15 is 0 Å². The first kappa shape index (κ1) is 14.6. The van der Waals surface area contributed by atoms with Gasteiger partial charge in [0, 0.05) is 12.6 Å². The van der Waals surface area contributed by atoms with Crippen LogP contribution in [0.1, 0.15) is 32.9 Å². The van der Waals surface area contributed by atoms with Crippen molar-refractivity contribution in [3.63, 3.8) is 0 Å². The first-order chi connectivity index (χ1) is 8.27. The fraction of sp³-hybridized carbons (Fsp3) is 0.583. The summed E-state index contributed by atoms with van der Waals surface area (Å²) in [7, 11) is 0. The van der Waals surface area contributed by atoms with Gasteiger partial charge in [-0.05, 0) is 26.3 Å². The molecule has 0 atom stereocenters. The fourth-order valence-corrected chi connectivity index (χ4v) is 1.76. The van der Waals surface area contributed by atoms with Crippen molar-refractivity contribution in [2.75, 3.05) is 17.2 Å². The zero-order chi connectivity index (χ0) is 13.9. The molecule has 0 aliphatic heterocycles. The van der Waals surface area contributed by atoms with E-state index in [1.54, 1.807) is 0 Å². The summed E-state index contributed by atoms with van der Waals surface area (Å²) in [6, 6.07) is 1.10. The Balaban J connectivity index is 3.20. The SMILES string of the molecule is CCCN(c1cc(C(F)(F)F)ncc1N)C(C)C. The van der Waals surface area contributed by atoms with Crippen LogP contribution in [-0.2, 0) is 6.18 Å². The highest BCUT2D eigenvalue weighted by Crippen LogP contribution is 2.33. The molecule has 0 amide bonds. The molecule has 0 aromatic carbocycles. The summed E-state index contributed by atoms with van der Waals surface area (Å²) in [5.74, 6) is 0. The number of anilines is 2. The first-order valence-corrected chi connectivity index (χ1v) is 5.86. The van der Waals surface area contributed by atoms with Crippen LogP contribution >= 0.6 is 0 Å². The number of hydrogen-bond donors (Lipinski definition) is 1. The van der Waals surface area contributed by atoms with Crippen LogP contribution in [0.3, 0.4) is 0 Å². The summed E-state index contributed by atoms with van der Waals surface area (Å²) in [4.78, 5) is 5.19. The van der Waals surface area contributed by atoms with E-state index in [-0.39, 0.29) is 11.7 Å². The highest BCUT2D eigenvalue weighted by molar-refractivity contribution is 5.67. The number of pyridine rings is 1. The molecule has 6 heteroatoms. The predicted octanol–water partition coefficient (Wildman–Crippen LogP) is 3.31. The second-order valence-electron chi connectivity index (χ2n) is 4.41. The number of hydrogen-bond acceptors (Lipinski definition) is 3. The van der Waals surface area contributed by atoms with Crippen molar-refractivity contribution >= 4 is 11.4 Å². The van der Waals surface area contributed by atoms with Crippen LogP contribution in [-0.4, -0.2) is 17.6 Å². The Morgan fingerprint density at radius 1 is 1.39 bits per heavy atom. The van der Waals surface area contributed by atoms with Gasteiger partial charge in [-0.2, -0.15) is 13.2 Å². The van der Waals surface area contributed by atoms with Gasteiger partial charge in [0.15, 0.2) is 0 Å². The van der Waals surface area contributed by atoms with E-state index in [4.69, 9.17) is 5.73 Å². The number of alkyl halides is 3. The molecule has 1 aromatic rings. The molecule has 3 nitrogen and oxygen atoms in total. The molecule has 18 heavy (non-hydrogen) atoms. The van der Waals surface area contributed by atoms with Crippen molar-refractivity contribution in [3.8, 4) is 0 Å². The third-order valence-electron chi connectivity index (χ3n) is 2.60. The minimum Gasteiger partial charge on any atom is -0.396 e. The second kappa shape index (κ2) is 5.46. The molecule has 0 fully saturated rings. The van der Waals surface area contributed by atoms with Crippen LogP contribution < -0.4 is 10.6 Å². The van der Waals surface area contributed by atoms with Crippen molar-refractivity contribution in [3.05, 3.63) is 18.0 Å². The minimum absolute atomic E-state index is 0.0794. The Hall–Kier alpha value is -1.46. The normalized spacial score (nSPS) is 11.9. The quantitative estimate of drug-likeness (QED) is 0.904. The summed E-state index contributed by atoms with van der Waals surface area (Å²) in [6.07, 6.45) is -2.54. The smallest absolute Gasteiger partial charge is 0.396 e. The van der Waals surface area contributed by atoms with E-state index in [0.717, 1.165) is 18.7 Å². The zero-order valence-corrected chi connectivity index (χ0v) is 10.8. The monoisotopic (exact) mass is 261 g/mol. The lowest BCUT2D eigenvalue weighted by Gasteiger charge is -2.30. The zero-order valence-electron chi connectivity index (χ0n) is 10.8. The fourth-order valence-electron chi connectivity index (χ4n) is 1.76. The number of rotatable bonds is 4. The van der Waals surface area contributed by atoms with E-state index in [1.807, 2.05) is 25.7 Å². The van der Waals surface area contributed by atoms with Gasteiger partial charge in [-0.1, -0.05) is 6.92 Å². The van der Waals surface area contributed by atoms with Gasteiger partial charge in [-0.15, -0.1) is 0 Å². The summed E-state index contributed by atoms with van der Waals surface area (Å²) in [5, 5.41) is 0. The van der Waals surface area contributed by atoms with E-state index in [1.165, 1.54) is 0 Å². The standard InChI is InChI=1S/C12H18F3N3/c1-4-5-18(8(2)3)10-6-11(12(13,14)15)17-7-9(10)16/h6-8H,4-5,16H2,1-3H3. The van der Waals surface area contributed by atoms with Crippen LogP contribution in [0.15, 0.2) is 12.3 Å². The second-order valence-corrected chi connectivity index (χ2v) is 4.41. The van der Waals surface area contributed by atoms with E-state index in [0.29, 0.717) is 12.2 Å². The Labute approximate surface area is 105 Å². The lowest BCUT2D eigenvalue weighted by Crippen LogP contribution is -2.32. The lowest BCUT2D eigenvalue weighted by molar-refractivity contribution is -0.141. The lowest BCUT2D eigenvalue weighted by atomic mass is 10.2. The average Bonchev–Trinajstić information content (AvgIpc) is 2.25. The van der Waals surface area contributed by atoms with Gasteiger partial charge in [0.1, 0.15) is 5.69 Å². The molecular weight excluding hydrogens is 243 g/mol. The first-order valence-electron chi connectivity index (χ1n) is 5.86. The number of nitrogens with two attached hydrogens (primary N) is 1. The predicted molar refractivity (Wildman–Crippen MR) is 66.4 cm³/mol. The number of nitrogens with zero attached hydrogens (tertiary/aromatic N) is 2. The Kier molecular flexibility index (Phi) is 4.43. The highest BCUT2D eigenvalue weighted by Gasteiger charge is 2.33. The van der Waals surface area contributed by atoms with Gasteiger partial charge in [-0.25, -0.2) is 4.98 Å². The maximum Gasteiger partial charge on any atom is 0.433 e. The van der Waals surface area contributed by atoms with Crippen molar-refractivity contribution in [1.29, 1.82) is 0 Å². The van der Waals surface area contributed by atoms with Crippen LogP contribution in [0.5, 0.6) is 0 Å². The van der Waals surface area contributed by atoms with Gasteiger partial charge in [0.25, 0.3) is 0 Å². The Bertz CT molecular complexity index is 402. The number of nitrogen functional groups attached to an aromatic ring is 1. The topological polar surface area (TPSA) is 42.2 Å². The molecule has 0 aliphatic rings. The molecule has 0 saturated heterocycles. The molecule has 1 aromatic heterocycles. The largest absolute Gasteiger partial charge is 0.433 e. The molecule has 1 heterocycles. The van der Waals surface area contributed by atoms with E-state index < -0.39 is 11.9 Å². The molecule has 1 rings (SSSR count). The van der Waals surface area contributed by atoms with Gasteiger partial charge < -0.3 is 10.6 Å². The molecule has 0 unspecified atom stereocenters. The van der Waals surface area contributed by atoms with Crippen molar-refractivity contribution < 1.29 is 13.2 Å². The maximum absolute atomic E-state index is 12.6. The maximum atomic E-state index is 12.6. The third-order valence-corrected chi connectivity index (χ3v) is 2.60. The van der Waals surface area contributed by atoms with Gasteiger partial charge in [0.05, 0.1) is 17.6 Å².